The van der Waals surface area contributed by atoms with Crippen molar-refractivity contribution in [1.29, 1.82) is 0 Å². The zero-order valence-electron chi connectivity index (χ0n) is 17.5. The minimum absolute atomic E-state index is 0.00599. The fourth-order valence-corrected chi connectivity index (χ4v) is 7.17. The SMILES string of the molecule is CC(=O)NC1=CC[C@H]2[C@@H]3C(NC(C)=O)CC4CC(O)C=C[C@]4(C)[C@@H]3CC[C@]12C. The number of aliphatic hydroxyl groups excluding tert-OH is 1. The molecule has 2 saturated carbocycles. The smallest absolute Gasteiger partial charge is 0.221 e. The van der Waals surface area contributed by atoms with Gasteiger partial charge in [-0.15, -0.1) is 0 Å². The van der Waals surface area contributed by atoms with Crippen molar-refractivity contribution in [3.8, 4) is 0 Å². The molecule has 5 nitrogen and oxygen atoms in total. The van der Waals surface area contributed by atoms with Crippen LogP contribution in [0.5, 0.6) is 0 Å². The molecular weight excluding hydrogens is 352 g/mol. The second kappa shape index (κ2) is 6.72. The zero-order valence-corrected chi connectivity index (χ0v) is 17.5. The minimum Gasteiger partial charge on any atom is -0.389 e. The molecule has 0 aromatic rings. The quantitative estimate of drug-likeness (QED) is 0.639. The van der Waals surface area contributed by atoms with E-state index in [1.54, 1.807) is 13.8 Å². The number of hydrogen-bond donors (Lipinski definition) is 3. The van der Waals surface area contributed by atoms with Gasteiger partial charge in [0.25, 0.3) is 0 Å². The summed E-state index contributed by atoms with van der Waals surface area (Å²) in [5.74, 6) is 1.69. The lowest BCUT2D eigenvalue weighted by atomic mass is 9.45. The number of amides is 2. The first-order chi connectivity index (χ1) is 13.1. The van der Waals surface area contributed by atoms with Crippen molar-refractivity contribution in [2.24, 2.45) is 34.5 Å². The number of rotatable bonds is 2. The second-order valence-corrected chi connectivity index (χ2v) is 10.0. The number of allylic oxidation sites excluding steroid dienone is 3. The van der Waals surface area contributed by atoms with Gasteiger partial charge < -0.3 is 15.7 Å². The lowest BCUT2D eigenvalue weighted by Gasteiger charge is -2.61. The summed E-state index contributed by atoms with van der Waals surface area (Å²) in [5.41, 5.74) is 1.11. The van der Waals surface area contributed by atoms with E-state index in [9.17, 15) is 14.7 Å². The molecule has 4 aliphatic carbocycles. The van der Waals surface area contributed by atoms with Crippen LogP contribution >= 0.6 is 0 Å². The van der Waals surface area contributed by atoms with E-state index in [-0.39, 0.29) is 34.8 Å². The largest absolute Gasteiger partial charge is 0.389 e. The highest BCUT2D eigenvalue weighted by Crippen LogP contribution is 2.65. The van der Waals surface area contributed by atoms with Crippen LogP contribution in [0, 0.1) is 34.5 Å². The summed E-state index contributed by atoms with van der Waals surface area (Å²) in [5, 5.41) is 16.6. The lowest BCUT2D eigenvalue weighted by molar-refractivity contribution is -0.126. The van der Waals surface area contributed by atoms with Crippen molar-refractivity contribution < 1.29 is 14.7 Å². The molecule has 0 bridgehead atoms. The molecule has 2 amide bonds. The molecule has 0 aromatic carbocycles. The van der Waals surface area contributed by atoms with Gasteiger partial charge in [0.1, 0.15) is 0 Å². The molecule has 154 valence electrons. The topological polar surface area (TPSA) is 78.4 Å². The van der Waals surface area contributed by atoms with Crippen LogP contribution < -0.4 is 10.6 Å². The number of carbonyl (C=O) groups excluding carboxylic acids is 2. The van der Waals surface area contributed by atoms with Crippen molar-refractivity contribution in [1.82, 2.24) is 10.6 Å². The predicted octanol–water partition coefficient (Wildman–Crippen LogP) is 2.91. The van der Waals surface area contributed by atoms with Gasteiger partial charge in [-0.3, -0.25) is 9.59 Å². The van der Waals surface area contributed by atoms with E-state index in [4.69, 9.17) is 0 Å². The van der Waals surface area contributed by atoms with Crippen LogP contribution in [0.1, 0.15) is 59.8 Å². The first kappa shape index (κ1) is 19.7. The Hall–Kier alpha value is -1.62. The molecule has 4 aliphatic rings. The molecule has 0 aromatic heterocycles. The summed E-state index contributed by atoms with van der Waals surface area (Å²) >= 11 is 0. The monoisotopic (exact) mass is 386 g/mol. The normalized spacial score (nSPS) is 46.7. The Morgan fingerprint density at radius 1 is 1.14 bits per heavy atom. The van der Waals surface area contributed by atoms with E-state index < -0.39 is 0 Å². The number of aliphatic hydroxyl groups is 1. The fraction of sp³-hybridized carbons (Fsp3) is 0.739. The summed E-state index contributed by atoms with van der Waals surface area (Å²) < 4.78 is 0. The molecular formula is C23H34N2O3. The maximum Gasteiger partial charge on any atom is 0.221 e. The summed E-state index contributed by atoms with van der Waals surface area (Å²) in [4.78, 5) is 23.8. The Kier molecular flexibility index (Phi) is 4.72. The highest BCUT2D eigenvalue weighted by molar-refractivity contribution is 5.75. The van der Waals surface area contributed by atoms with Crippen molar-refractivity contribution in [2.75, 3.05) is 0 Å². The Balaban J connectivity index is 1.71. The molecule has 3 N–H and O–H groups in total. The van der Waals surface area contributed by atoms with Crippen LogP contribution in [0.2, 0.25) is 0 Å². The van der Waals surface area contributed by atoms with Crippen molar-refractivity contribution >= 4 is 11.8 Å². The maximum absolute atomic E-state index is 12.0. The Bertz CT molecular complexity index is 744. The summed E-state index contributed by atoms with van der Waals surface area (Å²) in [7, 11) is 0. The molecule has 3 unspecified atom stereocenters. The van der Waals surface area contributed by atoms with E-state index >= 15 is 0 Å². The molecule has 2 fully saturated rings. The van der Waals surface area contributed by atoms with Crippen LogP contribution in [-0.4, -0.2) is 29.1 Å². The number of fused-ring (bicyclic) bond motifs is 5. The van der Waals surface area contributed by atoms with Gasteiger partial charge in [-0.1, -0.05) is 32.1 Å². The van der Waals surface area contributed by atoms with Gasteiger partial charge >= 0.3 is 0 Å². The van der Waals surface area contributed by atoms with E-state index in [1.165, 1.54) is 0 Å². The van der Waals surface area contributed by atoms with Gasteiger partial charge in [0.05, 0.1) is 6.10 Å². The standard InChI is InChI=1S/C23H34N2O3/c1-13(26)24-19-12-15-11-16(28)7-9-22(15,3)18-8-10-23(4)17(21(18)19)5-6-20(23)25-14(2)27/h6-7,9,15-19,21,28H,5,8,10-12H2,1-4H3,(H,24,26)(H,25,27)/t15?,16?,17-,18+,19?,21-,22-,23-/m0/s1. The third kappa shape index (κ3) is 2.94. The van der Waals surface area contributed by atoms with E-state index in [0.717, 1.165) is 37.8 Å². The Morgan fingerprint density at radius 2 is 1.89 bits per heavy atom. The van der Waals surface area contributed by atoms with Crippen LogP contribution in [0.4, 0.5) is 0 Å². The van der Waals surface area contributed by atoms with Gasteiger partial charge in [0.15, 0.2) is 0 Å². The fourth-order valence-electron chi connectivity index (χ4n) is 7.17. The van der Waals surface area contributed by atoms with Gasteiger partial charge in [0, 0.05) is 31.0 Å². The van der Waals surface area contributed by atoms with Gasteiger partial charge in [-0.2, -0.15) is 0 Å². The first-order valence-electron chi connectivity index (χ1n) is 10.8. The molecule has 0 heterocycles. The molecule has 28 heavy (non-hydrogen) atoms. The molecule has 0 spiro atoms. The zero-order chi connectivity index (χ0) is 20.3. The third-order valence-electron chi connectivity index (χ3n) is 8.50. The highest BCUT2D eigenvalue weighted by Gasteiger charge is 2.60. The molecule has 0 aliphatic heterocycles. The molecule has 8 atom stereocenters. The molecule has 0 saturated heterocycles. The summed E-state index contributed by atoms with van der Waals surface area (Å²) in [6, 6.07) is 0.133. The summed E-state index contributed by atoms with van der Waals surface area (Å²) in [6.07, 6.45) is 10.9. The minimum atomic E-state index is -0.374. The Morgan fingerprint density at radius 3 is 2.57 bits per heavy atom. The molecule has 5 heteroatoms. The van der Waals surface area contributed by atoms with E-state index in [0.29, 0.717) is 23.7 Å². The van der Waals surface area contributed by atoms with Crippen LogP contribution in [0.3, 0.4) is 0 Å². The van der Waals surface area contributed by atoms with Crippen molar-refractivity contribution in [3.05, 3.63) is 23.9 Å². The predicted molar refractivity (Wildman–Crippen MR) is 108 cm³/mol. The third-order valence-corrected chi connectivity index (χ3v) is 8.50. The summed E-state index contributed by atoms with van der Waals surface area (Å²) in [6.45, 7) is 7.84. The number of carbonyl (C=O) groups is 2. The maximum atomic E-state index is 12.0. The first-order valence-corrected chi connectivity index (χ1v) is 10.8. The average Bonchev–Trinajstić information content (AvgIpc) is 2.92. The molecule has 0 radical (unpaired) electrons. The van der Waals surface area contributed by atoms with Gasteiger partial charge in [-0.25, -0.2) is 0 Å². The van der Waals surface area contributed by atoms with E-state index in [1.807, 2.05) is 6.08 Å². The lowest BCUT2D eigenvalue weighted by Crippen LogP contribution is -2.61. The van der Waals surface area contributed by atoms with Crippen LogP contribution in [0.25, 0.3) is 0 Å². The van der Waals surface area contributed by atoms with E-state index in [2.05, 4.69) is 36.6 Å². The molecule has 4 rings (SSSR count). The number of hydrogen-bond acceptors (Lipinski definition) is 3. The highest BCUT2D eigenvalue weighted by atomic mass is 16.3. The second-order valence-electron chi connectivity index (χ2n) is 10.0. The Labute approximate surface area is 168 Å². The van der Waals surface area contributed by atoms with Gasteiger partial charge in [0.2, 0.25) is 11.8 Å². The van der Waals surface area contributed by atoms with Crippen molar-refractivity contribution in [2.45, 2.75) is 71.9 Å². The van der Waals surface area contributed by atoms with Gasteiger partial charge in [-0.05, 0) is 61.2 Å². The average molecular weight is 387 g/mol. The van der Waals surface area contributed by atoms with Crippen molar-refractivity contribution in [3.63, 3.8) is 0 Å². The van der Waals surface area contributed by atoms with Crippen LogP contribution in [-0.2, 0) is 9.59 Å². The van der Waals surface area contributed by atoms with Crippen LogP contribution in [0.15, 0.2) is 23.9 Å². The number of nitrogens with one attached hydrogen (secondary N) is 2.